The maximum atomic E-state index is 3.63. The first-order chi connectivity index (χ1) is 7.43. The predicted octanol–water partition coefficient (Wildman–Crippen LogP) is 1.63. The largest absolute Gasteiger partial charge is 0.313 e. The smallest absolute Gasteiger partial charge is 0.0208 e. The normalized spacial score (nSPS) is 24.9. The average molecular weight is 202 g/mol. The van der Waals surface area contributed by atoms with E-state index in [0.717, 1.165) is 25.7 Å². The fourth-order valence-corrected chi connectivity index (χ4v) is 2.36. The van der Waals surface area contributed by atoms with Crippen LogP contribution in [0.25, 0.3) is 0 Å². The van der Waals surface area contributed by atoms with E-state index in [-0.39, 0.29) is 0 Å². The van der Waals surface area contributed by atoms with E-state index in [1.54, 1.807) is 5.56 Å². The summed E-state index contributed by atoms with van der Waals surface area (Å²) in [5.41, 5.74) is 3.02. The molecule has 2 heteroatoms. The van der Waals surface area contributed by atoms with Gasteiger partial charge < -0.3 is 10.6 Å². The minimum atomic E-state index is 0.663. The standard InChI is InChI=1S/C13H18N2/c1-2-4-13-10(3-1)7-14-8-11(13)9-15-12-5-6-12/h1-4,11-12,14-15H,5-9H2. The van der Waals surface area contributed by atoms with Crippen LogP contribution in [0.15, 0.2) is 24.3 Å². The highest BCUT2D eigenvalue weighted by atomic mass is 15.0. The molecule has 2 nitrogen and oxygen atoms in total. The van der Waals surface area contributed by atoms with Crippen LogP contribution < -0.4 is 10.6 Å². The van der Waals surface area contributed by atoms with E-state index < -0.39 is 0 Å². The highest BCUT2D eigenvalue weighted by Crippen LogP contribution is 2.25. The lowest BCUT2D eigenvalue weighted by Crippen LogP contribution is -2.35. The highest BCUT2D eigenvalue weighted by molar-refractivity contribution is 5.32. The molecule has 0 radical (unpaired) electrons. The summed E-state index contributed by atoms with van der Waals surface area (Å²) in [4.78, 5) is 0. The molecule has 0 aromatic heterocycles. The van der Waals surface area contributed by atoms with Gasteiger partial charge in [0.2, 0.25) is 0 Å². The van der Waals surface area contributed by atoms with E-state index >= 15 is 0 Å². The van der Waals surface area contributed by atoms with E-state index in [1.807, 2.05) is 0 Å². The van der Waals surface area contributed by atoms with Crippen molar-refractivity contribution in [1.29, 1.82) is 0 Å². The van der Waals surface area contributed by atoms with Gasteiger partial charge in [0.1, 0.15) is 0 Å². The Bertz CT molecular complexity index is 344. The lowest BCUT2D eigenvalue weighted by atomic mass is 9.91. The summed E-state index contributed by atoms with van der Waals surface area (Å²) >= 11 is 0. The molecular formula is C13H18N2. The predicted molar refractivity (Wildman–Crippen MR) is 61.9 cm³/mol. The van der Waals surface area contributed by atoms with Gasteiger partial charge in [0, 0.05) is 31.6 Å². The number of nitrogens with one attached hydrogen (secondary N) is 2. The molecule has 1 fully saturated rings. The van der Waals surface area contributed by atoms with Gasteiger partial charge in [0.25, 0.3) is 0 Å². The van der Waals surface area contributed by atoms with Crippen molar-refractivity contribution in [3.05, 3.63) is 35.4 Å². The lowest BCUT2D eigenvalue weighted by Gasteiger charge is -2.26. The van der Waals surface area contributed by atoms with Crippen LogP contribution in [-0.2, 0) is 6.54 Å². The summed E-state index contributed by atoms with van der Waals surface area (Å²) < 4.78 is 0. The van der Waals surface area contributed by atoms with Gasteiger partial charge in [0.15, 0.2) is 0 Å². The summed E-state index contributed by atoms with van der Waals surface area (Å²) in [5.74, 6) is 0.663. The molecule has 0 bridgehead atoms. The van der Waals surface area contributed by atoms with Gasteiger partial charge in [-0.3, -0.25) is 0 Å². The molecule has 80 valence electrons. The molecule has 1 aliphatic heterocycles. The first kappa shape index (κ1) is 9.37. The Morgan fingerprint density at radius 1 is 1.27 bits per heavy atom. The van der Waals surface area contributed by atoms with Crippen molar-refractivity contribution in [3.8, 4) is 0 Å². The number of hydrogen-bond acceptors (Lipinski definition) is 2. The molecule has 15 heavy (non-hydrogen) atoms. The van der Waals surface area contributed by atoms with Gasteiger partial charge in [-0.05, 0) is 24.0 Å². The van der Waals surface area contributed by atoms with Crippen LogP contribution in [0.5, 0.6) is 0 Å². The molecule has 1 aliphatic carbocycles. The van der Waals surface area contributed by atoms with Gasteiger partial charge in [-0.25, -0.2) is 0 Å². The highest BCUT2D eigenvalue weighted by Gasteiger charge is 2.24. The van der Waals surface area contributed by atoms with Crippen LogP contribution in [0, 0.1) is 0 Å². The molecule has 0 spiro atoms. The zero-order chi connectivity index (χ0) is 10.1. The van der Waals surface area contributed by atoms with E-state index in [0.29, 0.717) is 5.92 Å². The maximum absolute atomic E-state index is 3.63. The van der Waals surface area contributed by atoms with Crippen molar-refractivity contribution in [3.63, 3.8) is 0 Å². The summed E-state index contributed by atoms with van der Waals surface area (Å²) in [5, 5.41) is 7.12. The van der Waals surface area contributed by atoms with E-state index in [9.17, 15) is 0 Å². The Morgan fingerprint density at radius 3 is 3.00 bits per heavy atom. The number of fused-ring (bicyclic) bond motifs is 1. The SMILES string of the molecule is c1ccc2c(c1)CNCC2CNC1CC1. The minimum Gasteiger partial charge on any atom is -0.313 e. The van der Waals surface area contributed by atoms with Crippen LogP contribution in [0.3, 0.4) is 0 Å². The number of hydrogen-bond donors (Lipinski definition) is 2. The van der Waals surface area contributed by atoms with Crippen molar-refractivity contribution < 1.29 is 0 Å². The third-order valence-electron chi connectivity index (χ3n) is 3.43. The maximum Gasteiger partial charge on any atom is 0.0208 e. The number of rotatable bonds is 3. The van der Waals surface area contributed by atoms with E-state index in [4.69, 9.17) is 0 Å². The second-order valence-electron chi connectivity index (χ2n) is 4.71. The Hall–Kier alpha value is -0.860. The Kier molecular flexibility index (Phi) is 2.47. The zero-order valence-electron chi connectivity index (χ0n) is 9.00. The molecule has 1 atom stereocenters. The van der Waals surface area contributed by atoms with Crippen molar-refractivity contribution in [2.45, 2.75) is 31.3 Å². The second kappa shape index (κ2) is 3.95. The van der Waals surface area contributed by atoms with Gasteiger partial charge in [-0.1, -0.05) is 24.3 Å². The van der Waals surface area contributed by atoms with Crippen molar-refractivity contribution in [2.75, 3.05) is 13.1 Å². The fraction of sp³-hybridized carbons (Fsp3) is 0.538. The molecule has 2 N–H and O–H groups in total. The molecular weight excluding hydrogens is 184 g/mol. The molecule has 0 amide bonds. The minimum absolute atomic E-state index is 0.663. The van der Waals surface area contributed by atoms with Gasteiger partial charge in [-0.15, -0.1) is 0 Å². The second-order valence-corrected chi connectivity index (χ2v) is 4.71. The molecule has 2 aliphatic rings. The zero-order valence-corrected chi connectivity index (χ0v) is 9.00. The molecule has 1 saturated carbocycles. The van der Waals surface area contributed by atoms with Crippen molar-refractivity contribution in [1.82, 2.24) is 10.6 Å². The first-order valence-corrected chi connectivity index (χ1v) is 5.95. The molecule has 3 rings (SSSR count). The summed E-state index contributed by atoms with van der Waals surface area (Å²) in [6, 6.07) is 9.64. The summed E-state index contributed by atoms with van der Waals surface area (Å²) in [6.45, 7) is 3.29. The molecule has 1 unspecified atom stereocenters. The van der Waals surface area contributed by atoms with Crippen molar-refractivity contribution in [2.24, 2.45) is 0 Å². The van der Waals surface area contributed by atoms with Gasteiger partial charge in [-0.2, -0.15) is 0 Å². The van der Waals surface area contributed by atoms with Gasteiger partial charge in [0.05, 0.1) is 0 Å². The quantitative estimate of drug-likeness (QED) is 0.778. The Balaban J connectivity index is 1.73. The van der Waals surface area contributed by atoms with E-state index in [2.05, 4.69) is 34.9 Å². The Morgan fingerprint density at radius 2 is 2.13 bits per heavy atom. The van der Waals surface area contributed by atoms with E-state index in [1.165, 1.54) is 18.4 Å². The number of benzene rings is 1. The molecule has 0 saturated heterocycles. The first-order valence-electron chi connectivity index (χ1n) is 5.95. The fourth-order valence-electron chi connectivity index (χ4n) is 2.36. The van der Waals surface area contributed by atoms with Crippen LogP contribution in [0.2, 0.25) is 0 Å². The monoisotopic (exact) mass is 202 g/mol. The third kappa shape index (κ3) is 2.06. The van der Waals surface area contributed by atoms with Gasteiger partial charge >= 0.3 is 0 Å². The molecule has 1 heterocycles. The molecule has 1 aromatic rings. The summed E-state index contributed by atoms with van der Waals surface area (Å²) in [7, 11) is 0. The lowest BCUT2D eigenvalue weighted by molar-refractivity contribution is 0.502. The Labute approximate surface area is 91.1 Å². The van der Waals surface area contributed by atoms with Crippen LogP contribution >= 0.6 is 0 Å². The topological polar surface area (TPSA) is 24.1 Å². The van der Waals surface area contributed by atoms with Crippen LogP contribution in [-0.4, -0.2) is 19.1 Å². The van der Waals surface area contributed by atoms with Crippen molar-refractivity contribution >= 4 is 0 Å². The van der Waals surface area contributed by atoms with Crippen LogP contribution in [0.4, 0.5) is 0 Å². The molecule has 1 aromatic carbocycles. The van der Waals surface area contributed by atoms with Crippen LogP contribution in [0.1, 0.15) is 29.9 Å². The third-order valence-corrected chi connectivity index (χ3v) is 3.43. The average Bonchev–Trinajstić information content (AvgIpc) is 3.10. The summed E-state index contributed by atoms with van der Waals surface area (Å²) in [6.07, 6.45) is 2.75.